The van der Waals surface area contributed by atoms with Gasteiger partial charge < -0.3 is 14.4 Å². The van der Waals surface area contributed by atoms with Crippen molar-refractivity contribution in [3.05, 3.63) is 41.4 Å². The third kappa shape index (κ3) is 5.79. The molecule has 1 aromatic rings. The Labute approximate surface area is 160 Å². The van der Waals surface area contributed by atoms with Gasteiger partial charge in [0.15, 0.2) is 0 Å². The van der Waals surface area contributed by atoms with E-state index in [4.69, 9.17) is 9.47 Å². The monoisotopic (exact) mass is 375 g/mol. The summed E-state index contributed by atoms with van der Waals surface area (Å²) in [4.78, 5) is 33.2. The largest absolute Gasteiger partial charge is 0.466 e. The van der Waals surface area contributed by atoms with Crippen LogP contribution >= 0.6 is 0 Å². The van der Waals surface area contributed by atoms with Gasteiger partial charge in [-0.2, -0.15) is 0 Å². The van der Waals surface area contributed by atoms with Crippen LogP contribution in [0.2, 0.25) is 0 Å². The molecular weight excluding hydrogens is 346 g/mol. The molecule has 0 saturated carbocycles. The van der Waals surface area contributed by atoms with Crippen LogP contribution in [0.15, 0.2) is 35.7 Å². The van der Waals surface area contributed by atoms with Gasteiger partial charge in [-0.15, -0.1) is 0 Å². The number of carbonyl (C=O) groups is 2. The van der Waals surface area contributed by atoms with E-state index in [9.17, 15) is 9.59 Å². The summed E-state index contributed by atoms with van der Waals surface area (Å²) in [6.07, 6.45) is 6.27. The van der Waals surface area contributed by atoms with Gasteiger partial charge in [0.1, 0.15) is 5.70 Å². The second kappa shape index (κ2) is 10.7. The van der Waals surface area contributed by atoms with Crippen LogP contribution < -0.4 is 0 Å². The molecule has 27 heavy (non-hydrogen) atoms. The molecule has 1 aromatic heterocycles. The zero-order chi connectivity index (χ0) is 19.6. The molecule has 0 spiro atoms. The fraction of sp³-hybridized carbons (Fsp3) is 0.550. The molecule has 7 nitrogen and oxygen atoms in total. The smallest absolute Gasteiger partial charge is 0.354 e. The minimum atomic E-state index is -0.531. The second-order valence-electron chi connectivity index (χ2n) is 6.58. The molecule has 1 aliphatic heterocycles. The van der Waals surface area contributed by atoms with Crippen molar-refractivity contribution in [2.24, 2.45) is 0 Å². The van der Waals surface area contributed by atoms with Crippen LogP contribution in [0, 0.1) is 0 Å². The van der Waals surface area contributed by atoms with Gasteiger partial charge in [-0.25, -0.2) is 9.59 Å². The van der Waals surface area contributed by atoms with Gasteiger partial charge in [0, 0.05) is 19.3 Å². The van der Waals surface area contributed by atoms with E-state index in [0.717, 1.165) is 25.1 Å². The minimum absolute atomic E-state index is 0.264. The van der Waals surface area contributed by atoms with Crippen LogP contribution in [0.3, 0.4) is 0 Å². The molecular formula is C20H29N3O4. The van der Waals surface area contributed by atoms with Crippen molar-refractivity contribution in [1.29, 1.82) is 0 Å². The van der Waals surface area contributed by atoms with Crippen molar-refractivity contribution in [3.8, 4) is 0 Å². The van der Waals surface area contributed by atoms with Crippen LogP contribution in [-0.4, -0.2) is 60.7 Å². The van der Waals surface area contributed by atoms with Crippen molar-refractivity contribution in [2.75, 3.05) is 34.0 Å². The molecule has 2 heterocycles. The molecule has 0 N–H and O–H groups in total. The summed E-state index contributed by atoms with van der Waals surface area (Å²) in [5.41, 5.74) is 1.41. The highest BCUT2D eigenvalue weighted by molar-refractivity contribution is 6.00. The average Bonchev–Trinajstić information content (AvgIpc) is 2.70. The molecule has 0 amide bonds. The van der Waals surface area contributed by atoms with Crippen LogP contribution in [0.4, 0.5) is 0 Å². The molecule has 0 fully saturated rings. The molecule has 0 aliphatic carbocycles. The molecule has 0 atom stereocenters. The van der Waals surface area contributed by atoms with E-state index in [1.165, 1.54) is 27.1 Å². The molecule has 0 aromatic carbocycles. The first-order chi connectivity index (χ1) is 13.1. The minimum Gasteiger partial charge on any atom is -0.466 e. The molecule has 7 heteroatoms. The molecule has 0 saturated heterocycles. The van der Waals surface area contributed by atoms with Gasteiger partial charge in [-0.1, -0.05) is 32.3 Å². The van der Waals surface area contributed by atoms with Crippen LogP contribution in [0.25, 0.3) is 0 Å². The Kier molecular flexibility index (Phi) is 8.26. The normalized spacial score (nSPS) is 15.0. The van der Waals surface area contributed by atoms with Crippen molar-refractivity contribution < 1.29 is 19.1 Å². The Morgan fingerprint density at radius 2 is 1.89 bits per heavy atom. The molecule has 0 bridgehead atoms. The lowest BCUT2D eigenvalue weighted by Crippen LogP contribution is -2.47. The Hall–Kier alpha value is -2.41. The first kappa shape index (κ1) is 20.9. The summed E-state index contributed by atoms with van der Waals surface area (Å²) in [6.45, 7) is 4.36. The van der Waals surface area contributed by atoms with Gasteiger partial charge in [0.25, 0.3) is 0 Å². The van der Waals surface area contributed by atoms with Gasteiger partial charge >= 0.3 is 11.9 Å². The molecule has 2 rings (SSSR count). The SMILES string of the molecule is CCCCCCN1CC(C(=O)OC)=C(C(=O)OC)N(Cc2ccccn2)C1. The highest BCUT2D eigenvalue weighted by atomic mass is 16.5. The number of hydrogen-bond donors (Lipinski definition) is 0. The van der Waals surface area contributed by atoms with Crippen molar-refractivity contribution in [1.82, 2.24) is 14.8 Å². The number of nitrogens with zero attached hydrogens (tertiary/aromatic N) is 3. The zero-order valence-electron chi connectivity index (χ0n) is 16.4. The predicted molar refractivity (Wildman–Crippen MR) is 101 cm³/mol. The lowest BCUT2D eigenvalue weighted by atomic mass is 10.1. The summed E-state index contributed by atoms with van der Waals surface area (Å²) >= 11 is 0. The van der Waals surface area contributed by atoms with E-state index >= 15 is 0 Å². The summed E-state index contributed by atoms with van der Waals surface area (Å²) in [5, 5.41) is 0. The Bertz CT molecular complexity index is 660. The number of ether oxygens (including phenoxy) is 2. The Balaban J connectivity index is 2.28. The van der Waals surface area contributed by atoms with E-state index in [1.54, 1.807) is 6.20 Å². The summed E-state index contributed by atoms with van der Waals surface area (Å²) in [6, 6.07) is 5.64. The van der Waals surface area contributed by atoms with E-state index in [0.29, 0.717) is 25.3 Å². The fourth-order valence-corrected chi connectivity index (χ4v) is 3.21. The molecule has 1 aliphatic rings. The maximum absolute atomic E-state index is 12.4. The Morgan fingerprint density at radius 3 is 2.52 bits per heavy atom. The van der Waals surface area contributed by atoms with Gasteiger partial charge in [-0.05, 0) is 18.6 Å². The average molecular weight is 375 g/mol. The third-order valence-electron chi connectivity index (χ3n) is 4.57. The lowest BCUT2D eigenvalue weighted by Gasteiger charge is -2.38. The molecule has 0 radical (unpaired) electrons. The number of pyridine rings is 1. The highest BCUT2D eigenvalue weighted by Crippen LogP contribution is 2.23. The number of rotatable bonds is 9. The predicted octanol–water partition coefficient (Wildman–Crippen LogP) is 2.34. The van der Waals surface area contributed by atoms with E-state index in [1.807, 2.05) is 23.1 Å². The summed E-state index contributed by atoms with van der Waals surface area (Å²) in [7, 11) is 2.65. The summed E-state index contributed by atoms with van der Waals surface area (Å²) in [5.74, 6) is -1.03. The zero-order valence-corrected chi connectivity index (χ0v) is 16.4. The van der Waals surface area contributed by atoms with Crippen LogP contribution in [0.1, 0.15) is 38.3 Å². The van der Waals surface area contributed by atoms with Crippen LogP contribution in [-0.2, 0) is 25.6 Å². The standard InChI is InChI=1S/C20H29N3O4/c1-4-5-6-9-12-22-14-17(19(24)26-2)18(20(25)27-3)23(15-22)13-16-10-7-8-11-21-16/h7-8,10-11H,4-6,9,12-15H2,1-3H3. The first-order valence-corrected chi connectivity index (χ1v) is 9.37. The van der Waals surface area contributed by atoms with Gasteiger partial charge in [-0.3, -0.25) is 9.88 Å². The number of esters is 2. The van der Waals surface area contributed by atoms with Crippen molar-refractivity contribution >= 4 is 11.9 Å². The van der Waals surface area contributed by atoms with E-state index < -0.39 is 11.9 Å². The number of methoxy groups -OCH3 is 2. The molecule has 148 valence electrons. The number of hydrogen-bond acceptors (Lipinski definition) is 7. The van der Waals surface area contributed by atoms with E-state index in [-0.39, 0.29) is 5.70 Å². The van der Waals surface area contributed by atoms with Gasteiger partial charge in [0.05, 0.1) is 38.7 Å². The van der Waals surface area contributed by atoms with Crippen molar-refractivity contribution in [3.63, 3.8) is 0 Å². The van der Waals surface area contributed by atoms with Crippen LogP contribution in [0.5, 0.6) is 0 Å². The third-order valence-corrected chi connectivity index (χ3v) is 4.57. The number of aromatic nitrogens is 1. The molecule has 0 unspecified atom stereocenters. The topological polar surface area (TPSA) is 72.0 Å². The maximum Gasteiger partial charge on any atom is 0.354 e. The highest BCUT2D eigenvalue weighted by Gasteiger charge is 2.34. The Morgan fingerprint density at radius 1 is 1.11 bits per heavy atom. The summed E-state index contributed by atoms with van der Waals surface area (Å²) < 4.78 is 9.88. The van der Waals surface area contributed by atoms with E-state index in [2.05, 4.69) is 16.8 Å². The number of carbonyl (C=O) groups excluding carboxylic acids is 2. The maximum atomic E-state index is 12.4. The fourth-order valence-electron chi connectivity index (χ4n) is 3.21. The van der Waals surface area contributed by atoms with Gasteiger partial charge in [0.2, 0.25) is 0 Å². The van der Waals surface area contributed by atoms with Crippen molar-refractivity contribution in [2.45, 2.75) is 39.2 Å². The second-order valence-corrected chi connectivity index (χ2v) is 6.58. The number of unbranched alkanes of at least 4 members (excludes halogenated alkanes) is 3. The first-order valence-electron chi connectivity index (χ1n) is 9.37. The quantitative estimate of drug-likeness (QED) is 0.484. The lowest BCUT2D eigenvalue weighted by molar-refractivity contribution is -0.142.